The zero-order chi connectivity index (χ0) is 17.3. The summed E-state index contributed by atoms with van der Waals surface area (Å²) >= 11 is 12.2. The molecule has 2 aromatic carbocycles. The molecule has 0 aliphatic rings. The van der Waals surface area contributed by atoms with Gasteiger partial charge in [0, 0.05) is 5.69 Å². The first-order valence-electron chi connectivity index (χ1n) is 6.80. The molecular formula is C16H11ClFN3OS2. The fraction of sp³-hybridized carbons (Fsp3) is 0. The Hall–Kier alpha value is -2.22. The molecule has 24 heavy (non-hydrogen) atoms. The van der Waals surface area contributed by atoms with Crippen molar-refractivity contribution in [2.45, 2.75) is 0 Å². The standard InChI is InChI=1S/C16H11ClFN3OS2/c17-11-8-10(6-7-12(11)18)21-14(19)13(24-16(21)23)15(22)20-9-4-2-1-3-5-9/h1-8H,19H2,(H,20,22). The second kappa shape index (κ2) is 6.72. The predicted molar refractivity (Wildman–Crippen MR) is 98.3 cm³/mol. The fourth-order valence-electron chi connectivity index (χ4n) is 2.13. The lowest BCUT2D eigenvalue weighted by Gasteiger charge is -2.08. The minimum atomic E-state index is -0.539. The lowest BCUT2D eigenvalue weighted by molar-refractivity contribution is 0.103. The zero-order valence-corrected chi connectivity index (χ0v) is 14.5. The van der Waals surface area contributed by atoms with Gasteiger partial charge >= 0.3 is 0 Å². The Labute approximate surface area is 151 Å². The monoisotopic (exact) mass is 379 g/mol. The van der Waals surface area contributed by atoms with Gasteiger partial charge in [-0.2, -0.15) is 0 Å². The molecule has 1 heterocycles. The van der Waals surface area contributed by atoms with E-state index in [1.165, 1.54) is 22.8 Å². The van der Waals surface area contributed by atoms with Gasteiger partial charge < -0.3 is 11.1 Å². The Balaban J connectivity index is 1.98. The van der Waals surface area contributed by atoms with Crippen LogP contribution >= 0.6 is 35.2 Å². The summed E-state index contributed by atoms with van der Waals surface area (Å²) in [5.74, 6) is -0.717. The summed E-state index contributed by atoms with van der Waals surface area (Å²) in [6.07, 6.45) is 0. The van der Waals surface area contributed by atoms with Gasteiger partial charge in [0.2, 0.25) is 0 Å². The third-order valence-electron chi connectivity index (χ3n) is 3.24. The second-order valence-electron chi connectivity index (χ2n) is 4.84. The molecule has 8 heteroatoms. The highest BCUT2D eigenvalue weighted by Crippen LogP contribution is 2.29. The lowest BCUT2D eigenvalue weighted by Crippen LogP contribution is -2.13. The zero-order valence-electron chi connectivity index (χ0n) is 12.1. The van der Waals surface area contributed by atoms with Gasteiger partial charge in [-0.15, -0.1) is 0 Å². The number of carbonyl (C=O) groups is 1. The summed E-state index contributed by atoms with van der Waals surface area (Å²) in [6.45, 7) is 0. The van der Waals surface area contributed by atoms with Crippen molar-refractivity contribution in [3.63, 3.8) is 0 Å². The average Bonchev–Trinajstić information content (AvgIpc) is 2.86. The number of nitrogens with two attached hydrogens (primary N) is 1. The van der Waals surface area contributed by atoms with Gasteiger partial charge in [-0.25, -0.2) is 4.39 Å². The van der Waals surface area contributed by atoms with Crippen LogP contribution in [0.15, 0.2) is 48.5 Å². The van der Waals surface area contributed by atoms with E-state index in [1.807, 2.05) is 18.2 Å². The van der Waals surface area contributed by atoms with Crippen LogP contribution in [0, 0.1) is 9.77 Å². The smallest absolute Gasteiger partial charge is 0.269 e. The molecule has 0 spiro atoms. The van der Waals surface area contributed by atoms with Gasteiger partial charge in [-0.3, -0.25) is 9.36 Å². The second-order valence-corrected chi connectivity index (χ2v) is 6.89. The highest BCUT2D eigenvalue weighted by Gasteiger charge is 2.18. The molecule has 0 bridgehead atoms. The number of rotatable bonds is 3. The molecule has 3 aromatic rings. The van der Waals surface area contributed by atoms with E-state index in [0.29, 0.717) is 15.3 Å². The molecule has 122 valence electrons. The summed E-state index contributed by atoms with van der Waals surface area (Å²) in [6, 6.07) is 13.1. The van der Waals surface area contributed by atoms with Gasteiger partial charge in [0.15, 0.2) is 3.95 Å². The van der Waals surface area contributed by atoms with Gasteiger partial charge in [-0.1, -0.05) is 41.1 Å². The van der Waals surface area contributed by atoms with Crippen molar-refractivity contribution in [2.75, 3.05) is 11.1 Å². The number of benzene rings is 2. The number of hydrogen-bond donors (Lipinski definition) is 2. The van der Waals surface area contributed by atoms with Crippen LogP contribution in [0.25, 0.3) is 5.69 Å². The molecule has 0 unspecified atom stereocenters. The molecule has 0 fully saturated rings. The number of thiazole rings is 1. The SMILES string of the molecule is Nc1c(C(=O)Nc2ccccc2)sc(=S)n1-c1ccc(F)c(Cl)c1. The summed E-state index contributed by atoms with van der Waals surface area (Å²) in [4.78, 5) is 12.7. The molecule has 0 aliphatic carbocycles. The number of carbonyl (C=O) groups excluding carboxylic acids is 1. The van der Waals surface area contributed by atoms with Crippen molar-refractivity contribution in [3.05, 3.63) is 68.2 Å². The van der Waals surface area contributed by atoms with E-state index in [2.05, 4.69) is 5.32 Å². The highest BCUT2D eigenvalue weighted by molar-refractivity contribution is 7.73. The molecule has 3 rings (SSSR count). The van der Waals surface area contributed by atoms with Crippen LogP contribution in [-0.2, 0) is 0 Å². The topological polar surface area (TPSA) is 60.1 Å². The number of halogens is 2. The maximum absolute atomic E-state index is 13.3. The van der Waals surface area contributed by atoms with Crippen molar-refractivity contribution >= 4 is 52.6 Å². The predicted octanol–water partition coefficient (Wildman–Crippen LogP) is 4.90. The first kappa shape index (κ1) is 16.6. The van der Waals surface area contributed by atoms with Crippen LogP contribution in [0.1, 0.15) is 9.67 Å². The van der Waals surface area contributed by atoms with Crippen LogP contribution < -0.4 is 11.1 Å². The van der Waals surface area contributed by atoms with E-state index in [4.69, 9.17) is 29.6 Å². The van der Waals surface area contributed by atoms with E-state index >= 15 is 0 Å². The fourth-order valence-corrected chi connectivity index (χ4v) is 3.56. The average molecular weight is 380 g/mol. The Morgan fingerprint density at radius 2 is 1.96 bits per heavy atom. The maximum Gasteiger partial charge on any atom is 0.269 e. The normalized spacial score (nSPS) is 10.6. The molecule has 0 radical (unpaired) electrons. The molecular weight excluding hydrogens is 369 g/mol. The number of aromatic nitrogens is 1. The Morgan fingerprint density at radius 1 is 1.25 bits per heavy atom. The minimum Gasteiger partial charge on any atom is -0.383 e. The number of para-hydroxylation sites is 1. The summed E-state index contributed by atoms with van der Waals surface area (Å²) < 4.78 is 15.2. The summed E-state index contributed by atoms with van der Waals surface area (Å²) in [5.41, 5.74) is 7.24. The number of hydrogen-bond acceptors (Lipinski definition) is 4. The van der Waals surface area contributed by atoms with Crippen molar-refractivity contribution < 1.29 is 9.18 Å². The number of nitrogen functional groups attached to an aromatic ring is 1. The number of anilines is 2. The first-order valence-corrected chi connectivity index (χ1v) is 8.41. The largest absolute Gasteiger partial charge is 0.383 e. The molecule has 0 saturated carbocycles. The number of nitrogens with one attached hydrogen (secondary N) is 1. The van der Waals surface area contributed by atoms with Gasteiger partial charge in [0.1, 0.15) is 16.5 Å². The highest BCUT2D eigenvalue weighted by atomic mass is 35.5. The van der Waals surface area contributed by atoms with Crippen molar-refractivity contribution in [3.8, 4) is 5.69 Å². The number of amides is 1. The van der Waals surface area contributed by atoms with Gasteiger partial charge in [0.25, 0.3) is 5.91 Å². The molecule has 4 nitrogen and oxygen atoms in total. The van der Waals surface area contributed by atoms with Crippen LogP contribution in [0.4, 0.5) is 15.9 Å². The van der Waals surface area contributed by atoms with Crippen molar-refractivity contribution in [1.82, 2.24) is 4.57 Å². The summed E-state index contributed by atoms with van der Waals surface area (Å²) in [7, 11) is 0. The van der Waals surface area contributed by atoms with E-state index in [-0.39, 0.29) is 21.6 Å². The van der Waals surface area contributed by atoms with E-state index in [1.54, 1.807) is 12.1 Å². The molecule has 0 atom stereocenters. The van der Waals surface area contributed by atoms with Gasteiger partial charge in [-0.05, 0) is 42.5 Å². The molecule has 0 aliphatic heterocycles. The molecule has 0 saturated heterocycles. The lowest BCUT2D eigenvalue weighted by atomic mass is 10.3. The minimum absolute atomic E-state index is 0.0460. The van der Waals surface area contributed by atoms with E-state index in [9.17, 15) is 9.18 Å². The molecule has 1 aromatic heterocycles. The Morgan fingerprint density at radius 3 is 2.62 bits per heavy atom. The quantitative estimate of drug-likeness (QED) is 0.636. The van der Waals surface area contributed by atoms with Crippen LogP contribution in [-0.4, -0.2) is 10.5 Å². The van der Waals surface area contributed by atoms with Gasteiger partial charge in [0.05, 0.1) is 10.7 Å². The Bertz CT molecular complexity index is 969. The van der Waals surface area contributed by atoms with E-state index < -0.39 is 5.82 Å². The first-order chi connectivity index (χ1) is 11.5. The molecule has 1 amide bonds. The van der Waals surface area contributed by atoms with Crippen LogP contribution in [0.3, 0.4) is 0 Å². The van der Waals surface area contributed by atoms with Crippen molar-refractivity contribution in [1.29, 1.82) is 0 Å². The maximum atomic E-state index is 13.3. The van der Waals surface area contributed by atoms with Crippen LogP contribution in [0.5, 0.6) is 0 Å². The van der Waals surface area contributed by atoms with Crippen molar-refractivity contribution in [2.24, 2.45) is 0 Å². The van der Waals surface area contributed by atoms with E-state index in [0.717, 1.165) is 11.3 Å². The summed E-state index contributed by atoms with van der Waals surface area (Å²) in [5, 5.41) is 2.71. The molecule has 3 N–H and O–H groups in total. The van der Waals surface area contributed by atoms with Crippen LogP contribution in [0.2, 0.25) is 5.02 Å². The number of nitrogens with zero attached hydrogens (tertiary/aromatic N) is 1. The Kier molecular flexibility index (Phi) is 4.66. The third kappa shape index (κ3) is 3.19. The third-order valence-corrected chi connectivity index (χ3v) is 4.92.